The van der Waals surface area contributed by atoms with Crippen molar-refractivity contribution >= 4 is 10.0 Å². The molecule has 0 spiro atoms. The number of benzene rings is 1. The summed E-state index contributed by atoms with van der Waals surface area (Å²) >= 11 is 0. The number of aryl methyl sites for hydroxylation is 2. The van der Waals surface area contributed by atoms with Gasteiger partial charge in [0.2, 0.25) is 10.0 Å². The van der Waals surface area contributed by atoms with Crippen LogP contribution in [0.1, 0.15) is 35.5 Å². The fourth-order valence-corrected chi connectivity index (χ4v) is 3.88. The van der Waals surface area contributed by atoms with Crippen LogP contribution in [0, 0.1) is 0 Å². The molecule has 26 heavy (non-hydrogen) atoms. The van der Waals surface area contributed by atoms with Gasteiger partial charge < -0.3 is 4.57 Å². The molecule has 1 aliphatic rings. The molecule has 0 bridgehead atoms. The second-order valence-electron chi connectivity index (χ2n) is 6.48. The summed E-state index contributed by atoms with van der Waals surface area (Å²) in [5.74, 6) is 0.899. The van der Waals surface area contributed by atoms with E-state index < -0.39 is 21.8 Å². The SMILES string of the molecule is CS(=O)(=O)N(Cc1cn2c(n1)CCCC2)Cc1ccccc1C(F)(F)F. The molecule has 0 N–H and O–H groups in total. The average molecular weight is 387 g/mol. The molecule has 0 saturated carbocycles. The summed E-state index contributed by atoms with van der Waals surface area (Å²) in [4.78, 5) is 4.45. The number of hydrogen-bond donors (Lipinski definition) is 0. The Labute approximate surface area is 150 Å². The van der Waals surface area contributed by atoms with Crippen molar-refractivity contribution in [1.82, 2.24) is 13.9 Å². The highest BCUT2D eigenvalue weighted by Gasteiger charge is 2.34. The van der Waals surface area contributed by atoms with E-state index in [1.807, 2.05) is 4.57 Å². The number of nitrogens with zero attached hydrogens (tertiary/aromatic N) is 3. The first-order valence-corrected chi connectivity index (χ1v) is 10.1. The van der Waals surface area contributed by atoms with Gasteiger partial charge in [-0.25, -0.2) is 13.4 Å². The quantitative estimate of drug-likeness (QED) is 0.792. The molecule has 0 fully saturated rings. The molecule has 2 heterocycles. The van der Waals surface area contributed by atoms with E-state index in [4.69, 9.17) is 0 Å². The Morgan fingerprint density at radius 2 is 1.92 bits per heavy atom. The molecule has 1 aromatic heterocycles. The van der Waals surface area contributed by atoms with Crippen molar-refractivity contribution in [2.24, 2.45) is 0 Å². The summed E-state index contributed by atoms with van der Waals surface area (Å²) in [6.45, 7) is 0.430. The van der Waals surface area contributed by atoms with Gasteiger partial charge in [-0.2, -0.15) is 17.5 Å². The number of imidazole rings is 1. The third kappa shape index (κ3) is 4.27. The van der Waals surface area contributed by atoms with Crippen LogP contribution in [0.25, 0.3) is 0 Å². The third-order valence-electron chi connectivity index (χ3n) is 4.44. The highest BCUT2D eigenvalue weighted by molar-refractivity contribution is 7.88. The van der Waals surface area contributed by atoms with Gasteiger partial charge in [0.15, 0.2) is 0 Å². The van der Waals surface area contributed by atoms with Gasteiger partial charge >= 0.3 is 6.18 Å². The maximum Gasteiger partial charge on any atom is 0.416 e. The van der Waals surface area contributed by atoms with E-state index in [2.05, 4.69) is 4.98 Å². The van der Waals surface area contributed by atoms with E-state index in [1.54, 1.807) is 6.20 Å². The van der Waals surface area contributed by atoms with Crippen LogP contribution < -0.4 is 0 Å². The van der Waals surface area contributed by atoms with Crippen molar-refractivity contribution in [3.05, 3.63) is 53.1 Å². The Bertz CT molecular complexity index is 867. The molecule has 2 aromatic rings. The number of sulfonamides is 1. The van der Waals surface area contributed by atoms with Crippen LogP contribution in [0.3, 0.4) is 0 Å². The van der Waals surface area contributed by atoms with Crippen LogP contribution in [0.2, 0.25) is 0 Å². The largest absolute Gasteiger partial charge is 0.416 e. The number of halogens is 3. The van der Waals surface area contributed by atoms with Crippen LogP contribution in [0.5, 0.6) is 0 Å². The van der Waals surface area contributed by atoms with Gasteiger partial charge in [-0.1, -0.05) is 18.2 Å². The normalized spacial score (nSPS) is 15.3. The molecule has 0 atom stereocenters. The fraction of sp³-hybridized carbons (Fsp3) is 0.471. The standard InChI is InChI=1S/C17H20F3N3O2S/c1-26(24,25)23(10-13-6-2-3-7-15(13)17(18,19)20)12-14-11-22-9-5-4-8-16(22)21-14/h2-3,6-7,11H,4-5,8-10,12H2,1H3. The lowest BCUT2D eigenvalue weighted by Gasteiger charge is -2.21. The van der Waals surface area contributed by atoms with Crippen molar-refractivity contribution in [3.63, 3.8) is 0 Å². The van der Waals surface area contributed by atoms with Gasteiger partial charge in [-0.15, -0.1) is 0 Å². The molecule has 1 aliphatic heterocycles. The van der Waals surface area contributed by atoms with Crippen LogP contribution in [0.4, 0.5) is 13.2 Å². The highest BCUT2D eigenvalue weighted by Crippen LogP contribution is 2.32. The Morgan fingerprint density at radius 1 is 1.19 bits per heavy atom. The molecule has 0 radical (unpaired) electrons. The van der Waals surface area contributed by atoms with E-state index in [9.17, 15) is 21.6 Å². The molecule has 9 heteroatoms. The summed E-state index contributed by atoms with van der Waals surface area (Å²) in [5, 5.41) is 0. The van der Waals surface area contributed by atoms with Gasteiger partial charge in [-0.05, 0) is 24.5 Å². The number of alkyl halides is 3. The summed E-state index contributed by atoms with van der Waals surface area (Å²) in [6, 6.07) is 5.03. The van der Waals surface area contributed by atoms with Crippen LogP contribution >= 0.6 is 0 Å². The predicted molar refractivity (Wildman–Crippen MR) is 90.7 cm³/mol. The van der Waals surface area contributed by atoms with Gasteiger partial charge in [0.05, 0.1) is 24.1 Å². The fourth-order valence-electron chi connectivity index (χ4n) is 3.14. The highest BCUT2D eigenvalue weighted by atomic mass is 32.2. The van der Waals surface area contributed by atoms with Crippen molar-refractivity contribution in [3.8, 4) is 0 Å². The van der Waals surface area contributed by atoms with Crippen molar-refractivity contribution in [2.45, 2.75) is 45.1 Å². The monoisotopic (exact) mass is 387 g/mol. The maximum atomic E-state index is 13.2. The van der Waals surface area contributed by atoms with Gasteiger partial charge in [0.25, 0.3) is 0 Å². The minimum atomic E-state index is -4.53. The summed E-state index contributed by atoms with van der Waals surface area (Å²) < 4.78 is 66.9. The summed E-state index contributed by atoms with van der Waals surface area (Å²) in [5.41, 5.74) is -0.344. The third-order valence-corrected chi connectivity index (χ3v) is 5.63. The first-order chi connectivity index (χ1) is 12.1. The van der Waals surface area contributed by atoms with Crippen LogP contribution in [0.15, 0.2) is 30.5 Å². The summed E-state index contributed by atoms with van der Waals surface area (Å²) in [6.07, 6.45) is 1.16. The number of fused-ring (bicyclic) bond motifs is 1. The molecule has 142 valence electrons. The molecule has 0 saturated heterocycles. The van der Waals surface area contributed by atoms with Crippen molar-refractivity contribution < 1.29 is 21.6 Å². The molecule has 0 amide bonds. The smallest absolute Gasteiger partial charge is 0.335 e. The lowest BCUT2D eigenvalue weighted by molar-refractivity contribution is -0.138. The number of hydrogen-bond acceptors (Lipinski definition) is 3. The minimum Gasteiger partial charge on any atom is -0.335 e. The van der Waals surface area contributed by atoms with E-state index in [0.29, 0.717) is 5.69 Å². The Kier molecular flexibility index (Phi) is 5.12. The lowest BCUT2D eigenvalue weighted by atomic mass is 10.1. The van der Waals surface area contributed by atoms with E-state index in [-0.39, 0.29) is 18.7 Å². The molecular formula is C17H20F3N3O2S. The second-order valence-corrected chi connectivity index (χ2v) is 8.47. The topological polar surface area (TPSA) is 55.2 Å². The zero-order valence-corrected chi connectivity index (χ0v) is 15.1. The molecule has 0 unspecified atom stereocenters. The Hall–Kier alpha value is -1.87. The Balaban J connectivity index is 1.88. The molecule has 3 rings (SSSR count). The Morgan fingerprint density at radius 3 is 2.58 bits per heavy atom. The van der Waals surface area contributed by atoms with Crippen LogP contribution in [-0.4, -0.2) is 28.5 Å². The maximum absolute atomic E-state index is 13.2. The van der Waals surface area contributed by atoms with Crippen molar-refractivity contribution in [1.29, 1.82) is 0 Å². The van der Waals surface area contributed by atoms with E-state index >= 15 is 0 Å². The second kappa shape index (κ2) is 7.03. The molecule has 1 aromatic carbocycles. The predicted octanol–water partition coefficient (Wildman–Crippen LogP) is 3.20. The van der Waals surface area contributed by atoms with Gasteiger partial charge in [0.1, 0.15) is 5.82 Å². The van der Waals surface area contributed by atoms with Crippen LogP contribution in [-0.2, 0) is 42.3 Å². The average Bonchev–Trinajstić information content (AvgIpc) is 2.95. The van der Waals surface area contributed by atoms with Gasteiger partial charge in [0, 0.05) is 25.7 Å². The number of aromatic nitrogens is 2. The lowest BCUT2D eigenvalue weighted by Crippen LogP contribution is -2.30. The molecule has 0 aliphatic carbocycles. The first kappa shape index (κ1) is 18.9. The zero-order valence-electron chi connectivity index (χ0n) is 14.3. The minimum absolute atomic E-state index is 0.0506. The van der Waals surface area contributed by atoms with E-state index in [1.165, 1.54) is 18.2 Å². The number of rotatable bonds is 5. The van der Waals surface area contributed by atoms with Crippen molar-refractivity contribution in [2.75, 3.05) is 6.26 Å². The first-order valence-electron chi connectivity index (χ1n) is 8.30. The molecular weight excluding hydrogens is 367 g/mol. The molecule has 5 nitrogen and oxygen atoms in total. The zero-order chi connectivity index (χ0) is 18.9. The summed E-state index contributed by atoms with van der Waals surface area (Å²) in [7, 11) is -3.71. The van der Waals surface area contributed by atoms with E-state index in [0.717, 1.165) is 48.3 Å². The van der Waals surface area contributed by atoms with Gasteiger partial charge in [-0.3, -0.25) is 0 Å².